The van der Waals surface area contributed by atoms with E-state index in [2.05, 4.69) is 18.2 Å². The third kappa shape index (κ3) is 6.18. The Morgan fingerprint density at radius 1 is 1.00 bits per heavy atom. The van der Waals surface area contributed by atoms with Crippen LogP contribution in [-0.2, 0) is 0 Å². The second-order valence-corrected chi connectivity index (χ2v) is 6.80. The highest BCUT2D eigenvalue weighted by Gasteiger charge is 2.21. The van der Waals surface area contributed by atoms with Crippen molar-refractivity contribution in [2.75, 3.05) is 0 Å². The Morgan fingerprint density at radius 2 is 1.70 bits per heavy atom. The molecule has 1 nitrogen and oxygen atoms in total. The lowest BCUT2D eigenvalue weighted by atomic mass is 9.77. The van der Waals surface area contributed by atoms with Gasteiger partial charge in [-0.3, -0.25) is 0 Å². The Morgan fingerprint density at radius 3 is 2.35 bits per heavy atom. The third-order valence-electron chi connectivity index (χ3n) is 5.18. The van der Waals surface area contributed by atoms with Crippen LogP contribution in [0.15, 0.2) is 36.7 Å². The Bertz CT molecular complexity index is 504. The number of nitriles is 1. The van der Waals surface area contributed by atoms with Crippen LogP contribution < -0.4 is 0 Å². The van der Waals surface area contributed by atoms with Gasteiger partial charge in [0.05, 0.1) is 18.0 Å². The number of hydrogen-bond donors (Lipinski definition) is 0. The summed E-state index contributed by atoms with van der Waals surface area (Å²) in [6.45, 7) is 0. The molecule has 1 aliphatic rings. The van der Waals surface area contributed by atoms with Crippen molar-refractivity contribution in [3.05, 3.63) is 47.8 Å². The number of benzene rings is 1. The molecule has 0 aromatic heterocycles. The molecule has 1 saturated carbocycles. The molecule has 0 bridgehead atoms. The van der Waals surface area contributed by atoms with E-state index in [0.717, 1.165) is 24.3 Å². The minimum absolute atomic E-state index is 0.659. The van der Waals surface area contributed by atoms with Crippen LogP contribution in [0.1, 0.15) is 81.3 Å². The van der Waals surface area contributed by atoms with Crippen LogP contribution >= 0.6 is 0 Å². The van der Waals surface area contributed by atoms with Crippen molar-refractivity contribution in [3.8, 4) is 6.07 Å². The van der Waals surface area contributed by atoms with Gasteiger partial charge in [-0.25, -0.2) is 4.39 Å². The average Bonchev–Trinajstić information content (AvgIpc) is 2.61. The summed E-state index contributed by atoms with van der Waals surface area (Å²) < 4.78 is 11.8. The summed E-state index contributed by atoms with van der Waals surface area (Å²) in [6, 6.07) is 10.3. The molecule has 0 radical (unpaired) electrons. The number of rotatable bonds is 8. The predicted molar refractivity (Wildman–Crippen MR) is 93.8 cm³/mol. The number of hydrogen-bond acceptors (Lipinski definition) is 1. The summed E-state index contributed by atoms with van der Waals surface area (Å²) in [5.41, 5.74) is 2.16. The van der Waals surface area contributed by atoms with Crippen molar-refractivity contribution in [1.29, 1.82) is 5.26 Å². The molecule has 0 amide bonds. The lowest BCUT2D eigenvalue weighted by molar-refractivity contribution is 0.302. The van der Waals surface area contributed by atoms with Gasteiger partial charge < -0.3 is 0 Å². The van der Waals surface area contributed by atoms with Gasteiger partial charge in [0.25, 0.3) is 0 Å². The number of halogens is 1. The minimum atomic E-state index is 0.659. The molecule has 0 N–H and O–H groups in total. The Labute approximate surface area is 140 Å². The Balaban J connectivity index is 1.61. The summed E-state index contributed by atoms with van der Waals surface area (Å²) in [4.78, 5) is 0. The largest absolute Gasteiger partial charge is 0.216 e. The molecule has 1 fully saturated rings. The molecule has 0 unspecified atom stereocenters. The lowest BCUT2D eigenvalue weighted by Gasteiger charge is -2.29. The molecule has 23 heavy (non-hydrogen) atoms. The maximum absolute atomic E-state index is 11.8. The molecule has 0 spiro atoms. The molecule has 0 atom stereocenters. The summed E-state index contributed by atoms with van der Waals surface area (Å²) in [7, 11) is 0. The second-order valence-electron chi connectivity index (χ2n) is 6.80. The van der Waals surface area contributed by atoms with E-state index in [-0.39, 0.29) is 0 Å². The first-order valence-corrected chi connectivity index (χ1v) is 9.08. The monoisotopic (exact) mass is 313 g/mol. The highest BCUT2D eigenvalue weighted by molar-refractivity contribution is 5.33. The first-order valence-electron chi connectivity index (χ1n) is 9.08. The quantitative estimate of drug-likeness (QED) is 0.492. The Hall–Kier alpha value is -1.62. The Kier molecular flexibility index (Phi) is 7.87. The van der Waals surface area contributed by atoms with Gasteiger partial charge in [0.1, 0.15) is 0 Å². The van der Waals surface area contributed by atoms with Gasteiger partial charge in [-0.15, -0.1) is 0 Å². The molecule has 0 saturated heterocycles. The van der Waals surface area contributed by atoms with Gasteiger partial charge >= 0.3 is 0 Å². The number of unbranched alkanes of at least 4 members (excludes halogenated alkanes) is 4. The molecule has 124 valence electrons. The average molecular weight is 313 g/mol. The van der Waals surface area contributed by atoms with Crippen LogP contribution in [0.25, 0.3) is 0 Å². The smallest absolute Gasteiger partial charge is 0.0991 e. The maximum Gasteiger partial charge on any atom is 0.0991 e. The second kappa shape index (κ2) is 10.2. The molecular formula is C21H28FN. The zero-order chi connectivity index (χ0) is 16.3. The number of nitrogens with zero attached hydrogens (tertiary/aromatic N) is 1. The molecule has 1 aromatic carbocycles. The minimum Gasteiger partial charge on any atom is -0.216 e. The van der Waals surface area contributed by atoms with E-state index in [1.165, 1.54) is 56.9 Å². The van der Waals surface area contributed by atoms with E-state index in [1.54, 1.807) is 6.08 Å². The lowest BCUT2D eigenvalue weighted by Crippen LogP contribution is -2.13. The summed E-state index contributed by atoms with van der Waals surface area (Å²) in [6.07, 6.45) is 14.7. The van der Waals surface area contributed by atoms with Gasteiger partial charge in [-0.2, -0.15) is 5.26 Å². The normalized spacial score (nSPS) is 21.4. The standard InChI is InChI=1S/C21H28FN/c22-16-6-4-2-1-3-5-7-18-8-12-20(13-9-18)21-14-10-19(17-23)11-15-21/h6,10-11,14-16,18,20H,1-5,7-9,12-13H2/t18-,20-. The van der Waals surface area contributed by atoms with Gasteiger partial charge in [0.2, 0.25) is 0 Å². The van der Waals surface area contributed by atoms with Crippen LogP contribution in [0.2, 0.25) is 0 Å². The van der Waals surface area contributed by atoms with Crippen LogP contribution in [0.4, 0.5) is 4.39 Å². The molecule has 2 heteroatoms. The first kappa shape index (κ1) is 17.7. The van der Waals surface area contributed by atoms with Crippen molar-refractivity contribution in [2.24, 2.45) is 5.92 Å². The topological polar surface area (TPSA) is 23.8 Å². The third-order valence-corrected chi connectivity index (χ3v) is 5.18. The fourth-order valence-corrected chi connectivity index (χ4v) is 3.73. The maximum atomic E-state index is 11.8. The zero-order valence-corrected chi connectivity index (χ0v) is 14.0. The molecule has 2 rings (SSSR count). The fourth-order valence-electron chi connectivity index (χ4n) is 3.73. The van der Waals surface area contributed by atoms with Crippen LogP contribution in [0.3, 0.4) is 0 Å². The molecule has 1 aliphatic carbocycles. The van der Waals surface area contributed by atoms with Crippen molar-refractivity contribution in [3.63, 3.8) is 0 Å². The van der Waals surface area contributed by atoms with Crippen molar-refractivity contribution in [1.82, 2.24) is 0 Å². The molecule has 0 heterocycles. The highest BCUT2D eigenvalue weighted by atomic mass is 19.1. The van der Waals surface area contributed by atoms with Gasteiger partial charge in [-0.05, 0) is 68.1 Å². The van der Waals surface area contributed by atoms with E-state index in [4.69, 9.17) is 5.26 Å². The van der Waals surface area contributed by atoms with Gasteiger partial charge in [0.15, 0.2) is 0 Å². The fraction of sp³-hybridized carbons (Fsp3) is 0.571. The van der Waals surface area contributed by atoms with Gasteiger partial charge in [-0.1, -0.05) is 43.9 Å². The highest BCUT2D eigenvalue weighted by Crippen LogP contribution is 2.37. The SMILES string of the molecule is N#Cc1ccc([C@H]2CC[C@H](CCCCCCC=CF)CC2)cc1. The van der Waals surface area contributed by atoms with Crippen molar-refractivity contribution < 1.29 is 4.39 Å². The van der Waals surface area contributed by atoms with E-state index in [9.17, 15) is 4.39 Å². The van der Waals surface area contributed by atoms with Gasteiger partial charge in [0, 0.05) is 0 Å². The van der Waals surface area contributed by atoms with Crippen LogP contribution in [0, 0.1) is 17.2 Å². The van der Waals surface area contributed by atoms with Crippen LogP contribution in [-0.4, -0.2) is 0 Å². The van der Waals surface area contributed by atoms with E-state index >= 15 is 0 Å². The van der Waals surface area contributed by atoms with Crippen molar-refractivity contribution >= 4 is 0 Å². The first-order chi connectivity index (χ1) is 11.3. The van der Waals surface area contributed by atoms with E-state index in [1.807, 2.05) is 12.1 Å². The van der Waals surface area contributed by atoms with Crippen molar-refractivity contribution in [2.45, 2.75) is 70.1 Å². The number of allylic oxidation sites excluding steroid dienone is 1. The van der Waals surface area contributed by atoms with E-state index < -0.39 is 0 Å². The molecular weight excluding hydrogens is 285 g/mol. The summed E-state index contributed by atoms with van der Waals surface area (Å²) >= 11 is 0. The summed E-state index contributed by atoms with van der Waals surface area (Å²) in [5.74, 6) is 1.59. The summed E-state index contributed by atoms with van der Waals surface area (Å²) in [5, 5.41) is 8.87. The van der Waals surface area contributed by atoms with Crippen LogP contribution in [0.5, 0.6) is 0 Å². The molecule has 0 aliphatic heterocycles. The molecule has 1 aromatic rings. The predicted octanol–water partition coefficient (Wildman–Crippen LogP) is 6.66. The van der Waals surface area contributed by atoms with E-state index in [0.29, 0.717) is 12.2 Å². The zero-order valence-electron chi connectivity index (χ0n) is 14.0.